The van der Waals surface area contributed by atoms with Gasteiger partial charge in [0.25, 0.3) is 0 Å². The molecule has 0 spiro atoms. The van der Waals surface area contributed by atoms with Crippen molar-refractivity contribution >= 4 is 22.1 Å². The summed E-state index contributed by atoms with van der Waals surface area (Å²) in [6.07, 6.45) is -4.11. The van der Waals surface area contributed by atoms with Crippen LogP contribution in [0.5, 0.6) is 0 Å². The third-order valence-electron chi connectivity index (χ3n) is 4.89. The van der Waals surface area contributed by atoms with Crippen molar-refractivity contribution in [2.75, 3.05) is 13.2 Å². The molecule has 5 unspecified atom stereocenters. The zero-order chi connectivity index (χ0) is 21.8. The molecule has 9 nitrogen and oxygen atoms in total. The second kappa shape index (κ2) is 7.18. The molecule has 0 aromatic rings. The lowest BCUT2D eigenvalue weighted by Crippen LogP contribution is -2.47. The summed E-state index contributed by atoms with van der Waals surface area (Å²) in [5.41, 5.74) is -0.347. The van der Waals surface area contributed by atoms with Crippen LogP contribution in [-0.2, 0) is 38.7 Å². The third kappa shape index (κ3) is 3.73. The van der Waals surface area contributed by atoms with E-state index in [1.54, 1.807) is 0 Å². The first kappa shape index (κ1) is 21.9. The van der Waals surface area contributed by atoms with Crippen LogP contribution in [0, 0.1) is 5.92 Å². The van der Waals surface area contributed by atoms with E-state index >= 15 is 0 Å². The minimum Gasteiger partial charge on any atom is -0.743 e. The van der Waals surface area contributed by atoms with Crippen LogP contribution in [0.4, 0.5) is 17.6 Å². The minimum absolute atomic E-state index is 0.326. The number of esters is 2. The molecule has 164 valence electrons. The SMILES string of the molecule is C=C(COCCC(F)(F)C(F)(F)S(=O)(=O)[O-])C(=O)OC1C2CC3C(=O)OC1C3O2. The molecule has 5 atom stereocenters. The Labute approximate surface area is 161 Å². The van der Waals surface area contributed by atoms with E-state index in [-0.39, 0.29) is 5.57 Å². The number of carbonyl (C=O) groups is 2. The van der Waals surface area contributed by atoms with Crippen LogP contribution >= 0.6 is 0 Å². The maximum atomic E-state index is 13.3. The molecule has 0 radical (unpaired) electrons. The molecule has 0 saturated carbocycles. The summed E-state index contributed by atoms with van der Waals surface area (Å²) in [6, 6.07) is 0. The molecule has 0 N–H and O–H groups in total. The predicted octanol–water partition coefficient (Wildman–Crippen LogP) is 0.347. The molecule has 0 aromatic heterocycles. The smallest absolute Gasteiger partial charge is 0.396 e. The van der Waals surface area contributed by atoms with Crippen LogP contribution in [0.2, 0.25) is 0 Å². The Morgan fingerprint density at radius 2 is 1.93 bits per heavy atom. The Bertz CT molecular complexity index is 828. The molecule has 0 amide bonds. The monoisotopic (exact) mass is 447 g/mol. The molecule has 3 aliphatic heterocycles. The number of hydrogen-bond donors (Lipinski definition) is 0. The highest BCUT2D eigenvalue weighted by atomic mass is 32.2. The number of fused-ring (bicyclic) bond motifs is 1. The van der Waals surface area contributed by atoms with E-state index in [1.807, 2.05) is 0 Å². The van der Waals surface area contributed by atoms with Gasteiger partial charge in [0.05, 0.1) is 30.8 Å². The van der Waals surface area contributed by atoms with Crippen LogP contribution in [0.1, 0.15) is 12.8 Å². The van der Waals surface area contributed by atoms with E-state index in [0.29, 0.717) is 6.42 Å². The highest BCUT2D eigenvalue weighted by molar-refractivity contribution is 7.86. The van der Waals surface area contributed by atoms with Gasteiger partial charge in [-0.15, -0.1) is 0 Å². The quantitative estimate of drug-likeness (QED) is 0.162. The fourth-order valence-electron chi connectivity index (χ4n) is 3.37. The van der Waals surface area contributed by atoms with E-state index in [2.05, 4.69) is 11.3 Å². The van der Waals surface area contributed by atoms with E-state index in [0.717, 1.165) is 0 Å². The highest BCUT2D eigenvalue weighted by Gasteiger charge is 2.65. The molecule has 0 aliphatic carbocycles. The largest absolute Gasteiger partial charge is 0.743 e. The Balaban J connectivity index is 1.45. The van der Waals surface area contributed by atoms with Crippen LogP contribution in [0.15, 0.2) is 12.2 Å². The molecule has 3 rings (SSSR count). The number of rotatable bonds is 9. The molecule has 14 heteroatoms. The van der Waals surface area contributed by atoms with Gasteiger partial charge in [-0.2, -0.15) is 17.6 Å². The van der Waals surface area contributed by atoms with Crippen molar-refractivity contribution in [3.63, 3.8) is 0 Å². The number of ether oxygens (including phenoxy) is 4. The lowest BCUT2D eigenvalue weighted by atomic mass is 9.88. The zero-order valence-corrected chi connectivity index (χ0v) is 15.3. The summed E-state index contributed by atoms with van der Waals surface area (Å²) >= 11 is 0. The normalized spacial score (nSPS) is 31.1. The van der Waals surface area contributed by atoms with Crippen molar-refractivity contribution in [1.82, 2.24) is 0 Å². The van der Waals surface area contributed by atoms with Crippen molar-refractivity contribution < 1.29 is 59.1 Å². The fourth-order valence-corrected chi connectivity index (χ4v) is 3.84. The molecular formula is C15H15F4O9S-. The number of alkyl halides is 4. The van der Waals surface area contributed by atoms with Gasteiger partial charge in [-0.05, 0) is 6.42 Å². The topological polar surface area (TPSA) is 128 Å². The first-order valence-electron chi connectivity index (χ1n) is 8.30. The minimum atomic E-state index is -6.58. The van der Waals surface area contributed by atoms with E-state index in [9.17, 15) is 40.1 Å². The van der Waals surface area contributed by atoms with Crippen LogP contribution in [-0.4, -0.2) is 73.7 Å². The average molecular weight is 447 g/mol. The van der Waals surface area contributed by atoms with E-state index in [4.69, 9.17) is 14.2 Å². The van der Waals surface area contributed by atoms with Gasteiger partial charge in [-0.1, -0.05) is 6.58 Å². The average Bonchev–Trinajstić information content (AvgIpc) is 3.22. The molecule has 3 fully saturated rings. The second-order valence-corrected chi connectivity index (χ2v) is 8.26. The van der Waals surface area contributed by atoms with E-state index in [1.165, 1.54) is 0 Å². The van der Waals surface area contributed by atoms with Crippen molar-refractivity contribution in [2.24, 2.45) is 5.92 Å². The van der Waals surface area contributed by atoms with Crippen molar-refractivity contribution in [3.05, 3.63) is 12.2 Å². The summed E-state index contributed by atoms with van der Waals surface area (Å²) in [4.78, 5) is 23.6. The lowest BCUT2D eigenvalue weighted by molar-refractivity contribution is -0.171. The highest BCUT2D eigenvalue weighted by Crippen LogP contribution is 2.47. The fraction of sp³-hybridized carbons (Fsp3) is 0.733. The van der Waals surface area contributed by atoms with Gasteiger partial charge in [0, 0.05) is 6.42 Å². The van der Waals surface area contributed by atoms with Gasteiger partial charge in [-0.25, -0.2) is 13.2 Å². The Kier molecular flexibility index (Phi) is 5.43. The predicted molar refractivity (Wildman–Crippen MR) is 80.7 cm³/mol. The summed E-state index contributed by atoms with van der Waals surface area (Å²) in [5.74, 6) is -7.01. The second-order valence-electron chi connectivity index (χ2n) is 6.83. The number of halogens is 4. The maximum absolute atomic E-state index is 13.3. The number of hydrogen-bond acceptors (Lipinski definition) is 9. The van der Waals surface area contributed by atoms with E-state index < -0.39 is 83.2 Å². The zero-order valence-electron chi connectivity index (χ0n) is 14.5. The third-order valence-corrected chi connectivity index (χ3v) is 5.82. The first-order chi connectivity index (χ1) is 13.3. The molecular weight excluding hydrogens is 432 g/mol. The molecule has 3 saturated heterocycles. The van der Waals surface area contributed by atoms with Crippen molar-refractivity contribution in [1.29, 1.82) is 0 Å². The van der Waals surface area contributed by atoms with Gasteiger partial charge in [-0.3, -0.25) is 4.79 Å². The Hall–Kier alpha value is -1.77. The molecule has 3 aliphatic rings. The first-order valence-corrected chi connectivity index (χ1v) is 9.70. The molecule has 2 bridgehead atoms. The van der Waals surface area contributed by atoms with Crippen molar-refractivity contribution in [3.8, 4) is 0 Å². The van der Waals surface area contributed by atoms with Crippen LogP contribution < -0.4 is 0 Å². The van der Waals surface area contributed by atoms with Crippen LogP contribution in [0.25, 0.3) is 0 Å². The van der Waals surface area contributed by atoms with Gasteiger partial charge in [0.2, 0.25) is 0 Å². The van der Waals surface area contributed by atoms with Gasteiger partial charge in [0.15, 0.2) is 22.3 Å². The Morgan fingerprint density at radius 1 is 1.28 bits per heavy atom. The standard InChI is InChI=1S/C15H16F4O9S/c1-6(5-25-3-2-14(16,17)15(18,19)29(22,23)24)12(20)27-10-8-4-7-9(26-8)11(10)28-13(7)21/h7-11H,1-5H2,(H,22,23,24)/p-1. The number of carbonyl (C=O) groups excluding carboxylic acids is 2. The Morgan fingerprint density at radius 3 is 2.55 bits per heavy atom. The molecule has 0 aromatic carbocycles. The lowest BCUT2D eigenvalue weighted by Gasteiger charge is -2.28. The molecule has 3 heterocycles. The van der Waals surface area contributed by atoms with Gasteiger partial charge < -0.3 is 23.5 Å². The summed E-state index contributed by atoms with van der Waals surface area (Å²) in [7, 11) is -6.58. The van der Waals surface area contributed by atoms with Gasteiger partial charge >= 0.3 is 23.1 Å². The summed E-state index contributed by atoms with van der Waals surface area (Å²) in [6.45, 7) is 1.55. The van der Waals surface area contributed by atoms with Crippen LogP contribution in [0.3, 0.4) is 0 Å². The summed E-state index contributed by atoms with van der Waals surface area (Å²) in [5, 5.41) is -5.81. The summed E-state index contributed by atoms with van der Waals surface area (Å²) < 4.78 is 104. The molecule has 29 heavy (non-hydrogen) atoms. The van der Waals surface area contributed by atoms with Gasteiger partial charge in [0.1, 0.15) is 6.10 Å². The maximum Gasteiger partial charge on any atom is 0.396 e. The van der Waals surface area contributed by atoms with Crippen molar-refractivity contribution in [2.45, 2.75) is 48.4 Å².